The third-order valence-electron chi connectivity index (χ3n) is 4.83. The molecule has 2 aromatic rings. The highest BCUT2D eigenvalue weighted by Crippen LogP contribution is 2.16. The maximum absolute atomic E-state index is 13.0. The normalized spacial score (nSPS) is 14.2. The summed E-state index contributed by atoms with van der Waals surface area (Å²) in [6.45, 7) is 5.57. The number of nitro groups is 1. The molecule has 0 unspecified atom stereocenters. The molecule has 11 nitrogen and oxygen atoms in total. The molecule has 0 radical (unpaired) electrons. The van der Waals surface area contributed by atoms with E-state index in [4.69, 9.17) is 9.26 Å². The van der Waals surface area contributed by atoms with Gasteiger partial charge in [-0.05, 0) is 19.4 Å². The lowest BCUT2D eigenvalue weighted by Gasteiger charge is -2.28. The largest absolute Gasteiger partial charge is 0.379 e. The Kier molecular flexibility index (Phi) is 7.68. The average Bonchev–Trinajstić information content (AvgIpc) is 3.17. The topological polar surface area (TPSA) is 131 Å². The van der Waals surface area contributed by atoms with E-state index < -0.39 is 16.7 Å². The fourth-order valence-electron chi connectivity index (χ4n) is 3.28. The Hall–Kier alpha value is -3.31. The molecule has 1 N–H and O–H groups in total. The standard InChI is InChI=1S/C20H25N5O6/c1-15-12-18(22-31-15)21-19(26)14-24(7-3-6-23-8-10-30-11-9-23)20(27)16-4-2-5-17(13-16)25(28)29/h2,4-5,12-13H,3,6-11,14H2,1H3,(H,21,22,26). The molecule has 2 heterocycles. The second kappa shape index (κ2) is 10.6. The van der Waals surface area contributed by atoms with E-state index in [2.05, 4.69) is 15.4 Å². The Morgan fingerprint density at radius 1 is 1.29 bits per heavy atom. The van der Waals surface area contributed by atoms with E-state index in [9.17, 15) is 19.7 Å². The number of rotatable bonds is 9. The number of anilines is 1. The highest BCUT2D eigenvalue weighted by atomic mass is 16.6. The fourth-order valence-corrected chi connectivity index (χ4v) is 3.28. The molecule has 3 rings (SSSR count). The highest BCUT2D eigenvalue weighted by molar-refractivity contribution is 5.99. The van der Waals surface area contributed by atoms with Crippen LogP contribution in [0.25, 0.3) is 0 Å². The molecule has 1 aliphatic heterocycles. The summed E-state index contributed by atoms with van der Waals surface area (Å²) < 4.78 is 10.3. The first-order valence-electron chi connectivity index (χ1n) is 9.99. The summed E-state index contributed by atoms with van der Waals surface area (Å²) in [6, 6.07) is 7.07. The van der Waals surface area contributed by atoms with Gasteiger partial charge in [0.05, 0.1) is 18.1 Å². The van der Waals surface area contributed by atoms with E-state index in [0.717, 1.165) is 19.6 Å². The van der Waals surface area contributed by atoms with E-state index >= 15 is 0 Å². The van der Waals surface area contributed by atoms with Crippen LogP contribution in [-0.4, -0.2) is 77.6 Å². The van der Waals surface area contributed by atoms with Gasteiger partial charge in [-0.25, -0.2) is 0 Å². The lowest BCUT2D eigenvalue weighted by atomic mass is 10.1. The molecule has 0 saturated carbocycles. The molecule has 0 spiro atoms. The number of carbonyl (C=O) groups excluding carboxylic acids is 2. The van der Waals surface area contributed by atoms with Gasteiger partial charge in [-0.1, -0.05) is 11.2 Å². The van der Waals surface area contributed by atoms with Crippen LogP contribution in [0, 0.1) is 17.0 Å². The molecule has 1 fully saturated rings. The Morgan fingerprint density at radius 2 is 2.06 bits per heavy atom. The quantitative estimate of drug-likeness (QED) is 0.469. The molecule has 31 heavy (non-hydrogen) atoms. The third kappa shape index (κ3) is 6.59. The molecule has 1 aliphatic rings. The van der Waals surface area contributed by atoms with E-state index in [-0.39, 0.29) is 23.6 Å². The third-order valence-corrected chi connectivity index (χ3v) is 4.83. The van der Waals surface area contributed by atoms with E-state index in [1.807, 2.05) is 0 Å². The first-order valence-corrected chi connectivity index (χ1v) is 9.99. The molecule has 166 valence electrons. The Morgan fingerprint density at radius 3 is 2.74 bits per heavy atom. The van der Waals surface area contributed by atoms with Gasteiger partial charge in [0, 0.05) is 49.9 Å². The van der Waals surface area contributed by atoms with Gasteiger partial charge in [0.25, 0.3) is 11.6 Å². The zero-order valence-electron chi connectivity index (χ0n) is 17.3. The summed E-state index contributed by atoms with van der Waals surface area (Å²) in [5, 5.41) is 17.4. The van der Waals surface area contributed by atoms with E-state index in [1.165, 1.54) is 29.2 Å². The smallest absolute Gasteiger partial charge is 0.270 e. The number of aromatic nitrogens is 1. The molecule has 1 aromatic heterocycles. The van der Waals surface area contributed by atoms with Crippen LogP contribution in [0.15, 0.2) is 34.9 Å². The lowest BCUT2D eigenvalue weighted by molar-refractivity contribution is -0.384. The first-order chi connectivity index (χ1) is 14.9. The molecular weight excluding hydrogens is 406 g/mol. The molecule has 1 saturated heterocycles. The zero-order valence-corrected chi connectivity index (χ0v) is 17.3. The minimum absolute atomic E-state index is 0.158. The molecule has 11 heteroatoms. The second-order valence-electron chi connectivity index (χ2n) is 7.21. The Labute approximate surface area is 179 Å². The number of benzene rings is 1. The van der Waals surface area contributed by atoms with Crippen LogP contribution in [0.1, 0.15) is 22.5 Å². The highest BCUT2D eigenvalue weighted by Gasteiger charge is 2.22. The van der Waals surface area contributed by atoms with Crippen LogP contribution >= 0.6 is 0 Å². The van der Waals surface area contributed by atoms with Crippen LogP contribution in [0.4, 0.5) is 11.5 Å². The monoisotopic (exact) mass is 431 g/mol. The number of aryl methyl sites for hydroxylation is 1. The van der Waals surface area contributed by atoms with Crippen molar-refractivity contribution < 1.29 is 23.8 Å². The molecule has 1 aromatic carbocycles. The molecule has 0 bridgehead atoms. The van der Waals surface area contributed by atoms with Crippen molar-refractivity contribution in [1.29, 1.82) is 0 Å². The van der Waals surface area contributed by atoms with Gasteiger partial charge in [0.15, 0.2) is 5.82 Å². The molecule has 0 aliphatic carbocycles. The summed E-state index contributed by atoms with van der Waals surface area (Å²) in [5.74, 6) is -0.0699. The summed E-state index contributed by atoms with van der Waals surface area (Å²) in [7, 11) is 0. The average molecular weight is 431 g/mol. The molecular formula is C20H25N5O6. The number of hydrogen-bond acceptors (Lipinski definition) is 8. The molecule has 0 atom stereocenters. The van der Waals surface area contributed by atoms with E-state index in [1.54, 1.807) is 13.0 Å². The summed E-state index contributed by atoms with van der Waals surface area (Å²) >= 11 is 0. The number of nitrogens with one attached hydrogen (secondary N) is 1. The molecule has 2 amide bonds. The summed E-state index contributed by atoms with van der Waals surface area (Å²) in [5.41, 5.74) is -0.0210. The zero-order chi connectivity index (χ0) is 22.2. The minimum Gasteiger partial charge on any atom is -0.379 e. The summed E-state index contributed by atoms with van der Waals surface area (Å²) in [6.07, 6.45) is 0.650. The number of hydrogen-bond donors (Lipinski definition) is 1. The van der Waals surface area contributed by atoms with Crippen molar-refractivity contribution in [2.24, 2.45) is 0 Å². The fraction of sp³-hybridized carbons (Fsp3) is 0.450. The Balaban J connectivity index is 1.67. The van der Waals surface area contributed by atoms with Gasteiger partial charge < -0.3 is 19.5 Å². The number of nitrogens with zero attached hydrogens (tertiary/aromatic N) is 4. The van der Waals surface area contributed by atoms with Crippen molar-refractivity contribution in [3.63, 3.8) is 0 Å². The van der Waals surface area contributed by atoms with Gasteiger partial charge in [-0.3, -0.25) is 24.6 Å². The maximum Gasteiger partial charge on any atom is 0.270 e. The predicted octanol–water partition coefficient (Wildman–Crippen LogP) is 1.69. The van der Waals surface area contributed by atoms with Crippen molar-refractivity contribution in [2.45, 2.75) is 13.3 Å². The number of nitro benzene ring substituents is 1. The Bertz CT molecular complexity index is 924. The van der Waals surface area contributed by atoms with Gasteiger partial charge in [0.1, 0.15) is 12.3 Å². The predicted molar refractivity (Wildman–Crippen MR) is 111 cm³/mol. The van der Waals surface area contributed by atoms with Gasteiger partial charge >= 0.3 is 0 Å². The van der Waals surface area contributed by atoms with Crippen LogP contribution in [0.2, 0.25) is 0 Å². The second-order valence-corrected chi connectivity index (χ2v) is 7.21. The first kappa shape index (κ1) is 22.4. The number of non-ortho nitro benzene ring substituents is 1. The minimum atomic E-state index is -0.556. The lowest BCUT2D eigenvalue weighted by Crippen LogP contribution is -2.41. The number of morpholine rings is 1. The van der Waals surface area contributed by atoms with Crippen molar-refractivity contribution in [1.82, 2.24) is 15.0 Å². The number of amides is 2. The summed E-state index contributed by atoms with van der Waals surface area (Å²) in [4.78, 5) is 39.7. The van der Waals surface area contributed by atoms with Crippen LogP contribution in [0.3, 0.4) is 0 Å². The van der Waals surface area contributed by atoms with Crippen LogP contribution in [-0.2, 0) is 9.53 Å². The number of ether oxygens (including phenoxy) is 1. The van der Waals surface area contributed by atoms with Gasteiger partial charge in [0.2, 0.25) is 5.91 Å². The van der Waals surface area contributed by atoms with Gasteiger partial charge in [-0.15, -0.1) is 0 Å². The van der Waals surface area contributed by atoms with Crippen molar-refractivity contribution >= 4 is 23.3 Å². The van der Waals surface area contributed by atoms with Crippen LogP contribution < -0.4 is 5.32 Å². The van der Waals surface area contributed by atoms with Crippen LogP contribution in [0.5, 0.6) is 0 Å². The maximum atomic E-state index is 13.0. The van der Waals surface area contributed by atoms with Crippen molar-refractivity contribution in [3.05, 3.63) is 51.8 Å². The van der Waals surface area contributed by atoms with Crippen molar-refractivity contribution in [2.75, 3.05) is 51.3 Å². The SMILES string of the molecule is Cc1cc(NC(=O)CN(CCCN2CCOCC2)C(=O)c2cccc([N+](=O)[O-])c2)no1. The van der Waals surface area contributed by atoms with Crippen molar-refractivity contribution in [3.8, 4) is 0 Å². The van der Waals surface area contributed by atoms with Gasteiger partial charge in [-0.2, -0.15) is 0 Å². The van der Waals surface area contributed by atoms with E-state index in [0.29, 0.717) is 31.9 Å². The number of carbonyl (C=O) groups is 2.